The van der Waals surface area contributed by atoms with E-state index in [1.54, 1.807) is 7.11 Å². The molecule has 0 heterocycles. The molecule has 0 aliphatic heterocycles. The first-order chi connectivity index (χ1) is 8.29. The van der Waals surface area contributed by atoms with Gasteiger partial charge in [0.1, 0.15) is 0 Å². The normalized spacial score (nSPS) is 29.2. The highest BCUT2D eigenvalue weighted by molar-refractivity contribution is 5.84. The van der Waals surface area contributed by atoms with E-state index in [2.05, 4.69) is 0 Å². The lowest BCUT2D eigenvalue weighted by Crippen LogP contribution is -2.56. The van der Waals surface area contributed by atoms with Crippen molar-refractivity contribution in [3.63, 3.8) is 0 Å². The Morgan fingerprint density at radius 1 is 1.50 bits per heavy atom. The van der Waals surface area contributed by atoms with E-state index in [4.69, 9.17) is 20.9 Å². The van der Waals surface area contributed by atoms with Gasteiger partial charge in [0.2, 0.25) is 5.91 Å². The Bertz CT molecular complexity index is 294. The molecular formula is C13H26N2O3. The van der Waals surface area contributed by atoms with Gasteiger partial charge < -0.3 is 20.9 Å². The SMILES string of the molecule is COC(C)(C)CCOC1CCCC(N)(C(N)=O)C1. The standard InChI is InChI=1S/C13H26N2O3/c1-12(2,17-3)7-8-18-10-5-4-6-13(15,9-10)11(14)16/h10H,4-9,15H2,1-3H3,(H2,14,16). The van der Waals surface area contributed by atoms with Crippen LogP contribution in [0.2, 0.25) is 0 Å². The zero-order valence-corrected chi connectivity index (χ0v) is 11.7. The van der Waals surface area contributed by atoms with E-state index < -0.39 is 11.4 Å². The number of ether oxygens (including phenoxy) is 2. The van der Waals surface area contributed by atoms with Gasteiger partial charge in [0.15, 0.2) is 0 Å². The van der Waals surface area contributed by atoms with Crippen molar-refractivity contribution in [2.45, 2.75) is 63.2 Å². The van der Waals surface area contributed by atoms with Crippen LogP contribution in [0.15, 0.2) is 0 Å². The second-order valence-corrected chi connectivity index (χ2v) is 5.82. The van der Waals surface area contributed by atoms with Gasteiger partial charge in [-0.15, -0.1) is 0 Å². The molecule has 2 unspecified atom stereocenters. The highest BCUT2D eigenvalue weighted by Crippen LogP contribution is 2.28. The molecule has 5 nitrogen and oxygen atoms in total. The Hall–Kier alpha value is -0.650. The average Bonchev–Trinajstić information content (AvgIpc) is 2.29. The Labute approximate surface area is 109 Å². The zero-order valence-electron chi connectivity index (χ0n) is 11.7. The van der Waals surface area contributed by atoms with Crippen molar-refractivity contribution in [2.75, 3.05) is 13.7 Å². The fourth-order valence-electron chi connectivity index (χ4n) is 2.20. The smallest absolute Gasteiger partial charge is 0.237 e. The van der Waals surface area contributed by atoms with Crippen LogP contribution in [0.25, 0.3) is 0 Å². The maximum Gasteiger partial charge on any atom is 0.237 e. The summed E-state index contributed by atoms with van der Waals surface area (Å²) in [6.45, 7) is 4.65. The summed E-state index contributed by atoms with van der Waals surface area (Å²) in [5.41, 5.74) is 10.3. The van der Waals surface area contributed by atoms with Crippen molar-refractivity contribution in [1.29, 1.82) is 0 Å². The molecule has 1 saturated carbocycles. The van der Waals surface area contributed by atoms with E-state index in [9.17, 15) is 4.79 Å². The molecule has 1 rings (SSSR count). The summed E-state index contributed by atoms with van der Waals surface area (Å²) < 4.78 is 11.1. The quantitative estimate of drug-likeness (QED) is 0.742. The number of primary amides is 1. The van der Waals surface area contributed by atoms with Crippen molar-refractivity contribution in [1.82, 2.24) is 0 Å². The number of rotatable bonds is 6. The van der Waals surface area contributed by atoms with Gasteiger partial charge in [-0.3, -0.25) is 4.79 Å². The summed E-state index contributed by atoms with van der Waals surface area (Å²) in [6, 6.07) is 0. The maximum atomic E-state index is 11.3. The van der Waals surface area contributed by atoms with Crippen LogP contribution in [0.1, 0.15) is 46.0 Å². The zero-order chi connectivity index (χ0) is 13.8. The average molecular weight is 258 g/mol. The Morgan fingerprint density at radius 2 is 2.17 bits per heavy atom. The van der Waals surface area contributed by atoms with E-state index in [-0.39, 0.29) is 11.7 Å². The largest absolute Gasteiger partial charge is 0.379 e. The molecule has 1 aliphatic rings. The van der Waals surface area contributed by atoms with E-state index >= 15 is 0 Å². The summed E-state index contributed by atoms with van der Waals surface area (Å²) in [6.07, 6.45) is 3.86. The topological polar surface area (TPSA) is 87.6 Å². The van der Waals surface area contributed by atoms with Crippen molar-refractivity contribution in [3.05, 3.63) is 0 Å². The monoisotopic (exact) mass is 258 g/mol. The third-order valence-corrected chi connectivity index (χ3v) is 3.84. The van der Waals surface area contributed by atoms with Gasteiger partial charge >= 0.3 is 0 Å². The second kappa shape index (κ2) is 5.99. The lowest BCUT2D eigenvalue weighted by molar-refractivity contribution is -0.127. The van der Waals surface area contributed by atoms with Gasteiger partial charge in [0.05, 0.1) is 17.2 Å². The lowest BCUT2D eigenvalue weighted by atomic mass is 9.80. The molecule has 0 aromatic carbocycles. The molecule has 2 atom stereocenters. The van der Waals surface area contributed by atoms with E-state index in [1.165, 1.54) is 0 Å². The molecule has 1 aliphatic carbocycles. The van der Waals surface area contributed by atoms with Crippen LogP contribution >= 0.6 is 0 Å². The number of hydrogen-bond acceptors (Lipinski definition) is 4. The van der Waals surface area contributed by atoms with Crippen LogP contribution in [0, 0.1) is 0 Å². The highest BCUT2D eigenvalue weighted by Gasteiger charge is 2.38. The number of amides is 1. The Morgan fingerprint density at radius 3 is 2.72 bits per heavy atom. The third-order valence-electron chi connectivity index (χ3n) is 3.84. The fraction of sp³-hybridized carbons (Fsp3) is 0.923. The summed E-state index contributed by atoms with van der Waals surface area (Å²) in [7, 11) is 1.69. The van der Waals surface area contributed by atoms with Crippen LogP contribution in [0.3, 0.4) is 0 Å². The van der Waals surface area contributed by atoms with Crippen molar-refractivity contribution in [2.24, 2.45) is 11.5 Å². The van der Waals surface area contributed by atoms with Gasteiger partial charge in [-0.2, -0.15) is 0 Å². The molecule has 4 N–H and O–H groups in total. The fourth-order valence-corrected chi connectivity index (χ4v) is 2.20. The Balaban J connectivity index is 2.37. The van der Waals surface area contributed by atoms with Crippen molar-refractivity contribution in [3.8, 4) is 0 Å². The minimum atomic E-state index is -0.889. The second-order valence-electron chi connectivity index (χ2n) is 5.82. The first-order valence-electron chi connectivity index (χ1n) is 6.55. The van der Waals surface area contributed by atoms with E-state index in [1.807, 2.05) is 13.8 Å². The molecule has 0 radical (unpaired) electrons. The molecule has 1 amide bonds. The first kappa shape index (κ1) is 15.4. The number of carbonyl (C=O) groups excluding carboxylic acids is 1. The van der Waals surface area contributed by atoms with Gasteiger partial charge in [-0.25, -0.2) is 0 Å². The number of methoxy groups -OCH3 is 1. The first-order valence-corrected chi connectivity index (χ1v) is 6.55. The molecular weight excluding hydrogens is 232 g/mol. The molecule has 106 valence electrons. The molecule has 1 fully saturated rings. The maximum absolute atomic E-state index is 11.3. The van der Waals surface area contributed by atoms with Crippen molar-refractivity contribution < 1.29 is 14.3 Å². The highest BCUT2D eigenvalue weighted by atomic mass is 16.5. The van der Waals surface area contributed by atoms with Gasteiger partial charge in [-0.1, -0.05) is 0 Å². The molecule has 0 saturated heterocycles. The predicted molar refractivity (Wildman–Crippen MR) is 70.0 cm³/mol. The number of carbonyl (C=O) groups is 1. The minimum Gasteiger partial charge on any atom is -0.379 e. The lowest BCUT2D eigenvalue weighted by Gasteiger charge is -2.35. The molecule has 0 spiro atoms. The molecule has 0 bridgehead atoms. The predicted octanol–water partition coefficient (Wildman–Crippen LogP) is 0.944. The summed E-state index contributed by atoms with van der Waals surface area (Å²) in [5.74, 6) is -0.423. The minimum absolute atomic E-state index is 0.0314. The van der Waals surface area contributed by atoms with Crippen LogP contribution in [0.5, 0.6) is 0 Å². The van der Waals surface area contributed by atoms with Gasteiger partial charge in [-0.05, 0) is 39.5 Å². The number of nitrogens with two attached hydrogens (primary N) is 2. The molecule has 5 heteroatoms. The summed E-state index contributed by atoms with van der Waals surface area (Å²) >= 11 is 0. The Kier molecular flexibility index (Phi) is 5.13. The van der Waals surface area contributed by atoms with Crippen LogP contribution in [-0.2, 0) is 14.3 Å². The summed E-state index contributed by atoms with van der Waals surface area (Å²) in [5, 5.41) is 0. The molecule has 18 heavy (non-hydrogen) atoms. The van der Waals surface area contributed by atoms with Crippen LogP contribution < -0.4 is 11.5 Å². The van der Waals surface area contributed by atoms with Crippen LogP contribution in [-0.4, -0.2) is 36.9 Å². The van der Waals surface area contributed by atoms with Crippen molar-refractivity contribution >= 4 is 5.91 Å². The summed E-state index contributed by atoms with van der Waals surface area (Å²) in [4.78, 5) is 11.3. The molecule has 0 aromatic rings. The van der Waals surface area contributed by atoms with Crippen LogP contribution in [0.4, 0.5) is 0 Å². The molecule has 0 aromatic heterocycles. The third kappa shape index (κ3) is 4.23. The van der Waals surface area contributed by atoms with Gasteiger partial charge in [0.25, 0.3) is 0 Å². The van der Waals surface area contributed by atoms with Gasteiger partial charge in [0, 0.05) is 20.1 Å². The van der Waals surface area contributed by atoms with E-state index in [0.717, 1.165) is 19.3 Å². The van der Waals surface area contributed by atoms with E-state index in [0.29, 0.717) is 19.4 Å². The number of hydrogen-bond donors (Lipinski definition) is 2.